The van der Waals surface area contributed by atoms with Crippen LogP contribution >= 0.6 is 0 Å². The molecule has 0 saturated heterocycles. The summed E-state index contributed by atoms with van der Waals surface area (Å²) in [5.74, 6) is -3.92. The average molecular weight is 255 g/mol. The molecule has 18 heavy (non-hydrogen) atoms. The van der Waals surface area contributed by atoms with Gasteiger partial charge < -0.3 is 5.11 Å². The molecule has 1 aliphatic rings. The van der Waals surface area contributed by atoms with Crippen LogP contribution in [0.4, 0.5) is 14.5 Å². The highest BCUT2D eigenvalue weighted by Crippen LogP contribution is 2.35. The monoisotopic (exact) mass is 255 g/mol. The van der Waals surface area contributed by atoms with E-state index in [1.165, 1.54) is 13.8 Å². The maximum atomic E-state index is 13.7. The summed E-state index contributed by atoms with van der Waals surface area (Å²) in [6.45, 7) is 2.85. The molecule has 96 valence electrons. The van der Waals surface area contributed by atoms with Crippen molar-refractivity contribution in [2.75, 3.05) is 4.90 Å². The molecule has 1 heterocycles. The number of aliphatic hydroxyl groups is 1. The number of hydrogen-bond acceptors (Lipinski definition) is 3. The van der Waals surface area contributed by atoms with E-state index in [2.05, 4.69) is 0 Å². The van der Waals surface area contributed by atoms with Gasteiger partial charge in [-0.2, -0.15) is 0 Å². The highest BCUT2D eigenvalue weighted by molar-refractivity contribution is 6.52. The van der Waals surface area contributed by atoms with Gasteiger partial charge in [0.1, 0.15) is 11.6 Å². The Morgan fingerprint density at radius 2 is 1.72 bits per heavy atom. The van der Waals surface area contributed by atoms with E-state index in [4.69, 9.17) is 0 Å². The Hall–Kier alpha value is -1.82. The summed E-state index contributed by atoms with van der Waals surface area (Å²) in [7, 11) is 0. The minimum atomic E-state index is -1.09. The van der Waals surface area contributed by atoms with Crippen molar-refractivity contribution in [2.24, 2.45) is 0 Å². The van der Waals surface area contributed by atoms with Gasteiger partial charge in [-0.15, -0.1) is 0 Å². The smallest absolute Gasteiger partial charge is 0.300 e. The minimum absolute atomic E-state index is 0.390. The number of carbonyl (C=O) groups is 2. The van der Waals surface area contributed by atoms with Gasteiger partial charge in [0.15, 0.2) is 0 Å². The Bertz CT molecular complexity index is 542. The van der Waals surface area contributed by atoms with Gasteiger partial charge in [-0.3, -0.25) is 14.5 Å². The Labute approximate surface area is 102 Å². The van der Waals surface area contributed by atoms with Crippen molar-refractivity contribution in [3.8, 4) is 0 Å². The van der Waals surface area contributed by atoms with Crippen molar-refractivity contribution in [2.45, 2.75) is 26.0 Å². The molecule has 4 nitrogen and oxygen atoms in total. The highest BCUT2D eigenvalue weighted by atomic mass is 19.1. The van der Waals surface area contributed by atoms with Gasteiger partial charge in [-0.25, -0.2) is 8.78 Å². The molecule has 0 saturated carbocycles. The van der Waals surface area contributed by atoms with E-state index < -0.39 is 46.7 Å². The molecule has 0 aliphatic carbocycles. The fraction of sp³-hybridized carbons (Fsp3) is 0.333. The largest absolute Gasteiger partial charge is 0.391 e. The van der Waals surface area contributed by atoms with E-state index in [1.807, 2.05) is 0 Å². The van der Waals surface area contributed by atoms with Gasteiger partial charge in [0.05, 0.1) is 23.4 Å². The molecule has 1 aliphatic heterocycles. The lowest BCUT2D eigenvalue weighted by atomic mass is 10.1. The molecule has 1 aromatic rings. The molecule has 2 atom stereocenters. The van der Waals surface area contributed by atoms with Crippen LogP contribution in [0.15, 0.2) is 12.1 Å². The third kappa shape index (κ3) is 1.60. The molecule has 2 rings (SSSR count). The second kappa shape index (κ2) is 4.13. The summed E-state index contributed by atoms with van der Waals surface area (Å²) in [6.07, 6.45) is -0.977. The molecule has 0 fully saturated rings. The Morgan fingerprint density at radius 1 is 1.17 bits per heavy atom. The van der Waals surface area contributed by atoms with Crippen molar-refractivity contribution in [3.63, 3.8) is 0 Å². The number of halogens is 2. The maximum absolute atomic E-state index is 13.7. The van der Waals surface area contributed by atoms with E-state index in [1.54, 1.807) is 0 Å². The van der Waals surface area contributed by atoms with Gasteiger partial charge in [0.25, 0.3) is 11.7 Å². The molecule has 0 bridgehead atoms. The van der Waals surface area contributed by atoms with E-state index in [0.29, 0.717) is 0 Å². The highest BCUT2D eigenvalue weighted by Gasteiger charge is 2.43. The van der Waals surface area contributed by atoms with E-state index in [-0.39, 0.29) is 0 Å². The zero-order valence-corrected chi connectivity index (χ0v) is 9.78. The van der Waals surface area contributed by atoms with Crippen LogP contribution in [0.2, 0.25) is 0 Å². The zero-order chi connectivity index (χ0) is 13.6. The lowest BCUT2D eigenvalue weighted by molar-refractivity contribution is -0.115. The zero-order valence-electron chi connectivity index (χ0n) is 9.78. The van der Waals surface area contributed by atoms with Crippen LogP contribution in [-0.4, -0.2) is 28.9 Å². The number of hydrogen-bond donors (Lipinski definition) is 1. The summed E-state index contributed by atoms with van der Waals surface area (Å²) in [5, 5.41) is 9.45. The number of benzene rings is 1. The second-order valence-electron chi connectivity index (χ2n) is 4.24. The summed E-state index contributed by atoms with van der Waals surface area (Å²) < 4.78 is 27.2. The van der Waals surface area contributed by atoms with E-state index >= 15 is 0 Å². The van der Waals surface area contributed by atoms with Crippen molar-refractivity contribution in [3.05, 3.63) is 29.3 Å². The quantitative estimate of drug-likeness (QED) is 0.809. The van der Waals surface area contributed by atoms with Gasteiger partial charge in [-0.05, 0) is 26.0 Å². The van der Waals surface area contributed by atoms with Crippen LogP contribution < -0.4 is 4.90 Å². The summed E-state index contributed by atoms with van der Waals surface area (Å²) in [5.41, 5.74) is -0.953. The summed E-state index contributed by atoms with van der Waals surface area (Å²) >= 11 is 0. The lowest BCUT2D eigenvalue weighted by Crippen LogP contribution is -2.44. The van der Waals surface area contributed by atoms with Crippen LogP contribution in [0.1, 0.15) is 24.2 Å². The van der Waals surface area contributed by atoms with Crippen LogP contribution in [0.25, 0.3) is 0 Å². The van der Waals surface area contributed by atoms with Crippen LogP contribution in [0, 0.1) is 11.6 Å². The molecular formula is C12H11F2NO3. The molecule has 2 unspecified atom stereocenters. The number of amides is 1. The van der Waals surface area contributed by atoms with Crippen molar-refractivity contribution >= 4 is 17.4 Å². The van der Waals surface area contributed by atoms with Crippen molar-refractivity contribution in [1.29, 1.82) is 0 Å². The Morgan fingerprint density at radius 3 is 2.28 bits per heavy atom. The van der Waals surface area contributed by atoms with Gasteiger partial charge in [0.2, 0.25) is 0 Å². The minimum Gasteiger partial charge on any atom is -0.391 e. The molecule has 1 N–H and O–H groups in total. The van der Waals surface area contributed by atoms with Crippen LogP contribution in [0.3, 0.4) is 0 Å². The summed E-state index contributed by atoms with van der Waals surface area (Å²) in [6, 6.07) is 0.830. The molecule has 1 amide bonds. The second-order valence-corrected chi connectivity index (χ2v) is 4.24. The number of rotatable bonds is 2. The van der Waals surface area contributed by atoms with Gasteiger partial charge in [-0.1, -0.05) is 0 Å². The lowest BCUT2D eigenvalue weighted by Gasteiger charge is -2.26. The molecule has 6 heteroatoms. The molecule has 1 aromatic carbocycles. The SMILES string of the molecule is CC(O)C(C)N1C(=O)C(=O)c2c(F)ccc(F)c21. The first-order valence-electron chi connectivity index (χ1n) is 5.40. The fourth-order valence-corrected chi connectivity index (χ4v) is 1.91. The number of aliphatic hydroxyl groups excluding tert-OH is 1. The van der Waals surface area contributed by atoms with Crippen LogP contribution in [0.5, 0.6) is 0 Å². The number of carbonyl (C=O) groups excluding carboxylic acids is 2. The predicted molar refractivity (Wildman–Crippen MR) is 59.3 cm³/mol. The van der Waals surface area contributed by atoms with E-state index in [9.17, 15) is 23.5 Å². The first-order chi connectivity index (χ1) is 8.36. The normalized spacial score (nSPS) is 17.9. The average Bonchev–Trinajstić information content (AvgIpc) is 2.58. The van der Waals surface area contributed by atoms with E-state index in [0.717, 1.165) is 17.0 Å². The molecular weight excluding hydrogens is 244 g/mol. The maximum Gasteiger partial charge on any atom is 0.300 e. The number of nitrogens with zero attached hydrogens (tertiary/aromatic N) is 1. The van der Waals surface area contributed by atoms with Crippen molar-refractivity contribution < 1.29 is 23.5 Å². The first kappa shape index (κ1) is 12.6. The van der Waals surface area contributed by atoms with Gasteiger partial charge >= 0.3 is 0 Å². The van der Waals surface area contributed by atoms with Crippen LogP contribution in [-0.2, 0) is 4.79 Å². The molecule has 0 radical (unpaired) electrons. The third-order valence-corrected chi connectivity index (χ3v) is 3.06. The number of anilines is 1. The topological polar surface area (TPSA) is 57.6 Å². The number of ketones is 1. The number of Topliss-reactive ketones (excluding diaryl/α,β-unsaturated/α-hetero) is 1. The predicted octanol–water partition coefficient (Wildman–Crippen LogP) is 1.26. The fourth-order valence-electron chi connectivity index (χ4n) is 1.91. The summed E-state index contributed by atoms with van der Waals surface area (Å²) in [4.78, 5) is 24.2. The molecule has 0 aromatic heterocycles. The number of fused-ring (bicyclic) bond motifs is 1. The molecule has 0 spiro atoms. The standard InChI is InChI=1S/C12H11F2NO3/c1-5(6(2)16)15-10-8(14)4-3-7(13)9(10)11(17)12(15)18/h3-6,16H,1-2H3. The van der Waals surface area contributed by atoms with Gasteiger partial charge in [0, 0.05) is 0 Å². The van der Waals surface area contributed by atoms with Crippen molar-refractivity contribution in [1.82, 2.24) is 0 Å². The third-order valence-electron chi connectivity index (χ3n) is 3.06. The Balaban J connectivity index is 2.65. The first-order valence-corrected chi connectivity index (χ1v) is 5.40. The Kier molecular flexibility index (Phi) is 2.90.